The van der Waals surface area contributed by atoms with E-state index in [2.05, 4.69) is 16.8 Å². The van der Waals surface area contributed by atoms with Gasteiger partial charge in [0.1, 0.15) is 5.82 Å². The highest BCUT2D eigenvalue weighted by Gasteiger charge is 2.28. The van der Waals surface area contributed by atoms with Crippen LogP contribution in [-0.4, -0.2) is 36.2 Å². The number of nitrogens with zero attached hydrogens (tertiary/aromatic N) is 1. The smallest absolute Gasteiger partial charge is 0.165 e. The number of hydrogen-bond donors (Lipinski definition) is 2. The van der Waals surface area contributed by atoms with E-state index in [9.17, 15) is 13.9 Å². The standard InChI is InChI=1S/C15H20F2N2O.2ClH/c1-2-3-4-13(19-9-7-18-8-10-19)14-11(16)5-6-12(17)15(14)20;;/h2,5-6,13,18,20H,1,3-4,7-10H2;2*1H/t13-;;/m0../s1. The predicted molar refractivity (Wildman–Crippen MR) is 89.1 cm³/mol. The lowest BCUT2D eigenvalue weighted by Gasteiger charge is -2.35. The number of halogens is 4. The molecule has 1 fully saturated rings. The Bertz CT molecular complexity index is 483. The van der Waals surface area contributed by atoms with E-state index in [-0.39, 0.29) is 36.4 Å². The van der Waals surface area contributed by atoms with Crippen molar-refractivity contribution in [1.82, 2.24) is 10.2 Å². The number of phenols is 1. The highest BCUT2D eigenvalue weighted by molar-refractivity contribution is 5.85. The fraction of sp³-hybridized carbons (Fsp3) is 0.467. The molecule has 0 amide bonds. The molecule has 3 nitrogen and oxygen atoms in total. The molecule has 2 N–H and O–H groups in total. The molecule has 2 rings (SSSR count). The summed E-state index contributed by atoms with van der Waals surface area (Å²) in [7, 11) is 0. The van der Waals surface area contributed by atoms with E-state index in [1.165, 1.54) is 0 Å². The second-order valence-electron chi connectivity index (χ2n) is 4.96. The van der Waals surface area contributed by atoms with Gasteiger partial charge in [0.15, 0.2) is 11.6 Å². The van der Waals surface area contributed by atoms with Crippen molar-refractivity contribution >= 4 is 24.8 Å². The van der Waals surface area contributed by atoms with Gasteiger partial charge in [0.25, 0.3) is 0 Å². The lowest BCUT2D eigenvalue weighted by atomic mass is 9.97. The number of aromatic hydroxyl groups is 1. The van der Waals surface area contributed by atoms with Gasteiger partial charge in [-0.3, -0.25) is 4.90 Å². The largest absolute Gasteiger partial charge is 0.505 e. The van der Waals surface area contributed by atoms with Gasteiger partial charge in [0.05, 0.1) is 0 Å². The Balaban J connectivity index is 0.00000220. The second kappa shape index (κ2) is 10.0. The van der Waals surface area contributed by atoms with Crippen molar-refractivity contribution < 1.29 is 13.9 Å². The minimum atomic E-state index is -0.778. The summed E-state index contributed by atoms with van der Waals surface area (Å²) in [5.41, 5.74) is 0.0637. The molecule has 0 bridgehead atoms. The van der Waals surface area contributed by atoms with Gasteiger partial charge in [0.2, 0.25) is 0 Å². The Hall–Kier alpha value is -0.880. The zero-order valence-corrected chi connectivity index (χ0v) is 13.9. The van der Waals surface area contributed by atoms with Crippen LogP contribution in [0.3, 0.4) is 0 Å². The molecule has 0 aromatic heterocycles. The van der Waals surface area contributed by atoms with Crippen LogP contribution in [0.25, 0.3) is 0 Å². The lowest BCUT2D eigenvalue weighted by molar-refractivity contribution is 0.159. The Morgan fingerprint density at radius 2 is 1.82 bits per heavy atom. The van der Waals surface area contributed by atoms with Crippen LogP contribution >= 0.6 is 24.8 Å². The predicted octanol–water partition coefficient (Wildman–Crippen LogP) is 3.43. The van der Waals surface area contributed by atoms with Crippen LogP contribution in [0, 0.1) is 11.6 Å². The zero-order valence-electron chi connectivity index (χ0n) is 12.2. The molecule has 22 heavy (non-hydrogen) atoms. The molecule has 0 aliphatic carbocycles. The SMILES string of the molecule is C=CCC[C@@H](c1c(F)ccc(F)c1O)N1CCNCC1.Cl.Cl. The number of nitrogens with one attached hydrogen (secondary N) is 1. The Kier molecular flexibility index (Phi) is 9.60. The molecule has 1 aromatic carbocycles. The van der Waals surface area contributed by atoms with Crippen LogP contribution in [0.15, 0.2) is 24.8 Å². The van der Waals surface area contributed by atoms with Crippen LogP contribution in [0.1, 0.15) is 24.4 Å². The number of piperazine rings is 1. The molecule has 1 aromatic rings. The number of benzene rings is 1. The van der Waals surface area contributed by atoms with Crippen molar-refractivity contribution in [3.8, 4) is 5.75 Å². The first-order valence-corrected chi connectivity index (χ1v) is 6.87. The lowest BCUT2D eigenvalue weighted by Crippen LogP contribution is -2.45. The van der Waals surface area contributed by atoms with Crippen molar-refractivity contribution in [1.29, 1.82) is 0 Å². The Morgan fingerprint density at radius 1 is 1.23 bits per heavy atom. The maximum Gasteiger partial charge on any atom is 0.165 e. The molecule has 0 unspecified atom stereocenters. The van der Waals surface area contributed by atoms with Gasteiger partial charge in [-0.1, -0.05) is 6.08 Å². The first-order valence-electron chi connectivity index (χ1n) is 6.87. The van der Waals surface area contributed by atoms with E-state index in [1.54, 1.807) is 6.08 Å². The molecular weight excluding hydrogens is 333 g/mol. The van der Waals surface area contributed by atoms with Crippen LogP contribution in [0.5, 0.6) is 5.75 Å². The number of rotatable bonds is 5. The summed E-state index contributed by atoms with van der Waals surface area (Å²) in [6.07, 6.45) is 3.05. The quantitative estimate of drug-likeness (QED) is 0.795. The molecule has 1 heterocycles. The summed E-state index contributed by atoms with van der Waals surface area (Å²) in [5, 5.41) is 13.1. The van der Waals surface area contributed by atoms with Crippen LogP contribution in [0.4, 0.5) is 8.78 Å². The zero-order chi connectivity index (χ0) is 14.5. The van der Waals surface area contributed by atoms with Crippen molar-refractivity contribution in [3.63, 3.8) is 0 Å². The van der Waals surface area contributed by atoms with Gasteiger partial charge >= 0.3 is 0 Å². The average Bonchev–Trinajstić information content (AvgIpc) is 2.47. The van der Waals surface area contributed by atoms with Gasteiger partial charge < -0.3 is 10.4 Å². The van der Waals surface area contributed by atoms with Gasteiger partial charge in [0, 0.05) is 37.8 Å². The fourth-order valence-electron chi connectivity index (χ4n) is 2.65. The molecule has 0 spiro atoms. The van der Waals surface area contributed by atoms with E-state index < -0.39 is 17.4 Å². The van der Waals surface area contributed by atoms with Crippen molar-refractivity contribution in [3.05, 3.63) is 42.0 Å². The van der Waals surface area contributed by atoms with E-state index in [0.29, 0.717) is 12.8 Å². The summed E-state index contributed by atoms with van der Waals surface area (Å²) in [5.74, 6) is -1.91. The summed E-state index contributed by atoms with van der Waals surface area (Å²) < 4.78 is 27.6. The number of hydrogen-bond acceptors (Lipinski definition) is 3. The molecule has 1 atom stereocenters. The molecule has 1 saturated heterocycles. The van der Waals surface area contributed by atoms with Crippen LogP contribution < -0.4 is 5.32 Å². The Morgan fingerprint density at radius 3 is 2.41 bits per heavy atom. The number of allylic oxidation sites excluding steroid dienone is 1. The third-order valence-electron chi connectivity index (χ3n) is 3.68. The van der Waals surface area contributed by atoms with Gasteiger partial charge in [-0.15, -0.1) is 31.4 Å². The second-order valence-corrected chi connectivity index (χ2v) is 4.96. The maximum atomic E-state index is 14.1. The topological polar surface area (TPSA) is 35.5 Å². The van der Waals surface area contributed by atoms with Crippen LogP contribution in [-0.2, 0) is 0 Å². The third-order valence-corrected chi connectivity index (χ3v) is 3.68. The van der Waals surface area contributed by atoms with Gasteiger partial charge in [-0.2, -0.15) is 0 Å². The molecule has 7 heteroatoms. The average molecular weight is 355 g/mol. The Labute approximate surface area is 142 Å². The monoisotopic (exact) mass is 354 g/mol. The van der Waals surface area contributed by atoms with Gasteiger partial charge in [-0.25, -0.2) is 8.78 Å². The molecule has 126 valence electrons. The third kappa shape index (κ3) is 4.81. The molecule has 0 saturated carbocycles. The summed E-state index contributed by atoms with van der Waals surface area (Å²) in [6, 6.07) is 1.70. The van der Waals surface area contributed by atoms with Crippen molar-refractivity contribution in [2.45, 2.75) is 18.9 Å². The highest BCUT2D eigenvalue weighted by atomic mass is 35.5. The minimum Gasteiger partial charge on any atom is -0.505 e. The van der Waals surface area contributed by atoms with E-state index in [0.717, 1.165) is 38.3 Å². The first-order chi connectivity index (χ1) is 9.65. The molecular formula is C15H22Cl2F2N2O. The van der Waals surface area contributed by atoms with E-state index in [4.69, 9.17) is 0 Å². The van der Waals surface area contributed by atoms with Gasteiger partial charge in [-0.05, 0) is 25.0 Å². The fourth-order valence-corrected chi connectivity index (χ4v) is 2.65. The summed E-state index contributed by atoms with van der Waals surface area (Å²) in [6.45, 7) is 6.78. The molecule has 1 aliphatic heterocycles. The van der Waals surface area contributed by atoms with Crippen LogP contribution in [0.2, 0.25) is 0 Å². The van der Waals surface area contributed by atoms with E-state index >= 15 is 0 Å². The first kappa shape index (κ1) is 21.1. The summed E-state index contributed by atoms with van der Waals surface area (Å²) in [4.78, 5) is 2.08. The molecule has 1 aliphatic rings. The van der Waals surface area contributed by atoms with Crippen molar-refractivity contribution in [2.75, 3.05) is 26.2 Å². The summed E-state index contributed by atoms with van der Waals surface area (Å²) >= 11 is 0. The number of phenolic OH excluding ortho intramolecular Hbond substituents is 1. The van der Waals surface area contributed by atoms with Crippen molar-refractivity contribution in [2.24, 2.45) is 0 Å². The highest BCUT2D eigenvalue weighted by Crippen LogP contribution is 2.36. The maximum absolute atomic E-state index is 14.1. The minimum absolute atomic E-state index is 0. The molecule has 0 radical (unpaired) electrons. The normalized spacial score (nSPS) is 16.3. The van der Waals surface area contributed by atoms with E-state index in [1.807, 2.05) is 0 Å².